The largest absolute Gasteiger partial charge is 0.318 e. The Bertz CT molecular complexity index is 990. The molecule has 0 atom stereocenters. The summed E-state index contributed by atoms with van der Waals surface area (Å²) in [7, 11) is 0. The summed E-state index contributed by atoms with van der Waals surface area (Å²) >= 11 is 12.3. The summed E-state index contributed by atoms with van der Waals surface area (Å²) in [5.41, 5.74) is 7.53. The van der Waals surface area contributed by atoms with Crippen molar-refractivity contribution in [1.82, 2.24) is 9.99 Å². The molecule has 0 saturated carbocycles. The third kappa shape index (κ3) is 5.03. The second-order valence-corrected chi connectivity index (χ2v) is 7.44. The minimum atomic E-state index is -0.115. The maximum atomic E-state index is 12.0. The number of nitrogens with one attached hydrogen (secondary N) is 1. The van der Waals surface area contributed by atoms with Crippen molar-refractivity contribution in [3.8, 4) is 5.69 Å². The zero-order valence-corrected chi connectivity index (χ0v) is 17.3. The number of hydrogen-bond acceptors (Lipinski definition) is 2. The van der Waals surface area contributed by atoms with Gasteiger partial charge in [-0.1, -0.05) is 53.5 Å². The molecule has 3 aromatic rings. The molecule has 0 radical (unpaired) electrons. The molecular formula is C22H21Cl2N3O. The number of amides is 1. The van der Waals surface area contributed by atoms with Gasteiger partial charge in [-0.25, -0.2) is 5.43 Å². The van der Waals surface area contributed by atoms with Gasteiger partial charge in [0.25, 0.3) is 0 Å². The molecule has 2 aromatic carbocycles. The summed E-state index contributed by atoms with van der Waals surface area (Å²) in [5, 5.41) is 5.27. The van der Waals surface area contributed by atoms with Crippen molar-refractivity contribution < 1.29 is 4.79 Å². The van der Waals surface area contributed by atoms with Crippen molar-refractivity contribution in [2.75, 3.05) is 0 Å². The topological polar surface area (TPSA) is 46.4 Å². The molecule has 0 unspecified atom stereocenters. The van der Waals surface area contributed by atoms with Crippen molar-refractivity contribution in [3.63, 3.8) is 0 Å². The molecule has 0 bridgehead atoms. The molecule has 1 heterocycles. The number of hydrazone groups is 1. The summed E-state index contributed by atoms with van der Waals surface area (Å²) in [4.78, 5) is 12.0. The number of halogens is 2. The summed E-state index contributed by atoms with van der Waals surface area (Å²) in [6, 6.07) is 17.3. The third-order valence-corrected chi connectivity index (χ3v) is 4.89. The van der Waals surface area contributed by atoms with Crippen LogP contribution in [0.4, 0.5) is 0 Å². The molecule has 0 aliphatic carbocycles. The quantitative estimate of drug-likeness (QED) is 0.421. The van der Waals surface area contributed by atoms with Crippen LogP contribution in [0.1, 0.15) is 28.9 Å². The maximum absolute atomic E-state index is 12.0. The predicted octanol–water partition coefficient (Wildman–Crippen LogP) is 5.48. The minimum absolute atomic E-state index is 0.115. The van der Waals surface area contributed by atoms with Crippen LogP contribution in [0, 0.1) is 13.8 Å². The number of nitrogens with zero attached hydrogens (tertiary/aromatic N) is 2. The van der Waals surface area contributed by atoms with E-state index >= 15 is 0 Å². The van der Waals surface area contributed by atoms with E-state index in [4.69, 9.17) is 23.2 Å². The molecule has 28 heavy (non-hydrogen) atoms. The van der Waals surface area contributed by atoms with E-state index in [0.717, 1.165) is 28.2 Å². The normalized spacial score (nSPS) is 11.1. The molecule has 144 valence electrons. The molecule has 0 saturated heterocycles. The van der Waals surface area contributed by atoms with Gasteiger partial charge in [0.2, 0.25) is 5.91 Å². The minimum Gasteiger partial charge on any atom is -0.318 e. The van der Waals surface area contributed by atoms with Crippen LogP contribution in [0.2, 0.25) is 10.0 Å². The predicted molar refractivity (Wildman–Crippen MR) is 116 cm³/mol. The van der Waals surface area contributed by atoms with Gasteiger partial charge in [-0.15, -0.1) is 0 Å². The van der Waals surface area contributed by atoms with Gasteiger partial charge in [-0.2, -0.15) is 5.10 Å². The van der Waals surface area contributed by atoms with Crippen molar-refractivity contribution in [3.05, 3.63) is 87.2 Å². The van der Waals surface area contributed by atoms with Gasteiger partial charge in [0.1, 0.15) is 0 Å². The first kappa shape index (κ1) is 20.2. The Hall–Kier alpha value is -2.56. The number of carbonyl (C=O) groups is 1. The number of aromatic nitrogens is 1. The smallest absolute Gasteiger partial charge is 0.240 e. The fraction of sp³-hybridized carbons (Fsp3) is 0.182. The average molecular weight is 414 g/mol. The van der Waals surface area contributed by atoms with Crippen molar-refractivity contribution in [1.29, 1.82) is 0 Å². The van der Waals surface area contributed by atoms with Gasteiger partial charge in [-0.3, -0.25) is 4.79 Å². The Kier molecular flexibility index (Phi) is 6.55. The number of hydrogen-bond donors (Lipinski definition) is 1. The van der Waals surface area contributed by atoms with Crippen LogP contribution in [0.15, 0.2) is 59.7 Å². The van der Waals surface area contributed by atoms with E-state index < -0.39 is 0 Å². The van der Waals surface area contributed by atoms with Gasteiger partial charge in [0.05, 0.1) is 6.21 Å². The summed E-state index contributed by atoms with van der Waals surface area (Å²) in [5.74, 6) is -0.115. The van der Waals surface area contributed by atoms with Gasteiger partial charge in [-0.05, 0) is 50.1 Å². The lowest BCUT2D eigenvalue weighted by Crippen LogP contribution is -2.17. The molecule has 3 rings (SSSR count). The van der Waals surface area contributed by atoms with E-state index in [2.05, 4.69) is 15.1 Å². The van der Waals surface area contributed by atoms with Crippen molar-refractivity contribution in [2.45, 2.75) is 26.7 Å². The van der Waals surface area contributed by atoms with E-state index in [1.54, 1.807) is 12.3 Å². The maximum Gasteiger partial charge on any atom is 0.240 e. The lowest BCUT2D eigenvalue weighted by molar-refractivity contribution is -0.121. The van der Waals surface area contributed by atoms with E-state index in [0.29, 0.717) is 22.9 Å². The highest BCUT2D eigenvalue weighted by atomic mass is 35.5. The van der Waals surface area contributed by atoms with Gasteiger partial charge in [0.15, 0.2) is 0 Å². The monoisotopic (exact) mass is 413 g/mol. The lowest BCUT2D eigenvalue weighted by Gasteiger charge is -2.10. The Morgan fingerprint density at radius 1 is 1.07 bits per heavy atom. The molecule has 0 aliphatic rings. The number of benzene rings is 2. The number of aryl methyl sites for hydroxylation is 2. The first-order chi connectivity index (χ1) is 13.4. The lowest BCUT2D eigenvalue weighted by atomic mass is 10.1. The molecule has 0 fully saturated rings. The third-order valence-electron chi connectivity index (χ3n) is 4.45. The fourth-order valence-electron chi connectivity index (χ4n) is 3.12. The summed E-state index contributed by atoms with van der Waals surface area (Å²) in [6.45, 7) is 3.98. The first-order valence-corrected chi connectivity index (χ1v) is 9.71. The van der Waals surface area contributed by atoms with E-state index in [9.17, 15) is 4.79 Å². The van der Waals surface area contributed by atoms with Crippen LogP contribution in [-0.4, -0.2) is 16.7 Å². The zero-order chi connectivity index (χ0) is 20.1. The van der Waals surface area contributed by atoms with E-state index in [1.165, 1.54) is 0 Å². The molecule has 0 spiro atoms. The Morgan fingerprint density at radius 2 is 1.75 bits per heavy atom. The van der Waals surface area contributed by atoms with Gasteiger partial charge >= 0.3 is 0 Å². The van der Waals surface area contributed by atoms with Crippen molar-refractivity contribution in [2.24, 2.45) is 5.10 Å². The van der Waals surface area contributed by atoms with Crippen LogP contribution in [0.25, 0.3) is 5.69 Å². The highest BCUT2D eigenvalue weighted by Crippen LogP contribution is 2.26. The van der Waals surface area contributed by atoms with Crippen molar-refractivity contribution >= 4 is 35.3 Å². The highest BCUT2D eigenvalue weighted by molar-refractivity contribution is 6.34. The van der Waals surface area contributed by atoms with Crippen LogP contribution in [0.3, 0.4) is 0 Å². The molecule has 0 aliphatic heterocycles. The first-order valence-electron chi connectivity index (χ1n) is 8.95. The van der Waals surface area contributed by atoms with E-state index in [-0.39, 0.29) is 5.91 Å². The van der Waals surface area contributed by atoms with Crippen LogP contribution in [0.5, 0.6) is 0 Å². The Labute approximate surface area is 174 Å². The van der Waals surface area contributed by atoms with Gasteiger partial charge < -0.3 is 4.57 Å². The molecule has 1 amide bonds. The standard InChI is InChI=1S/C22H21Cl2N3O/c1-15-10-18(16(2)27(15)21-12-19(23)11-20(24)13-21)14-25-26-22(28)9-8-17-6-4-3-5-7-17/h3-7,10-14H,8-9H2,1-2H3,(H,26,28)/b25-14-. The fourth-order valence-corrected chi connectivity index (χ4v) is 3.63. The van der Waals surface area contributed by atoms with E-state index in [1.807, 2.05) is 62.4 Å². The Balaban J connectivity index is 1.67. The van der Waals surface area contributed by atoms with Gasteiger partial charge in [0, 0.05) is 39.1 Å². The number of carbonyl (C=O) groups excluding carboxylic acids is 1. The molecule has 4 nitrogen and oxygen atoms in total. The summed E-state index contributed by atoms with van der Waals surface area (Å²) < 4.78 is 2.05. The highest BCUT2D eigenvalue weighted by Gasteiger charge is 2.11. The molecular weight excluding hydrogens is 393 g/mol. The number of rotatable bonds is 6. The SMILES string of the molecule is Cc1cc(/C=N\NC(=O)CCc2ccccc2)c(C)n1-c1cc(Cl)cc(Cl)c1. The Morgan fingerprint density at radius 3 is 2.43 bits per heavy atom. The second kappa shape index (κ2) is 9.09. The van der Waals surface area contributed by atoms with Crippen LogP contribution >= 0.6 is 23.2 Å². The molecule has 6 heteroatoms. The average Bonchev–Trinajstić information content (AvgIpc) is 2.93. The second-order valence-electron chi connectivity index (χ2n) is 6.57. The molecule has 1 aromatic heterocycles. The van der Waals surface area contributed by atoms with Crippen LogP contribution in [-0.2, 0) is 11.2 Å². The van der Waals surface area contributed by atoms with Crippen LogP contribution < -0.4 is 5.43 Å². The zero-order valence-electron chi connectivity index (χ0n) is 15.7. The summed E-state index contributed by atoms with van der Waals surface area (Å²) in [6.07, 6.45) is 2.74. The molecule has 1 N–H and O–H groups in total.